The van der Waals surface area contributed by atoms with Gasteiger partial charge in [-0.05, 0) is 24.6 Å². The van der Waals surface area contributed by atoms with E-state index < -0.39 is 22.3 Å². The first kappa shape index (κ1) is 13.6. The summed E-state index contributed by atoms with van der Waals surface area (Å²) in [6.07, 6.45) is -0.560. The maximum atomic E-state index is 12.6. The van der Waals surface area contributed by atoms with Crippen LogP contribution in [0, 0.1) is 6.92 Å². The Morgan fingerprint density at radius 3 is 2.44 bits per heavy atom. The first-order valence-corrected chi connectivity index (χ1v) is 6.73. The Balaban J connectivity index is 2.34. The van der Waals surface area contributed by atoms with E-state index in [0.717, 1.165) is 5.56 Å². The molecule has 0 aromatic heterocycles. The average molecular weight is 278 g/mol. The Hall–Kier alpha value is -0.850. The van der Waals surface area contributed by atoms with Crippen LogP contribution >= 0.6 is 10.5 Å². The molecule has 1 saturated heterocycles. The molecule has 1 aromatic carbocycles. The number of benzene rings is 1. The fourth-order valence-corrected chi connectivity index (χ4v) is 2.47. The standard InChI is InChI=1S/C12H13F3O2S/c1-8-3-4-9(18(2)12(13,14)15)7-10(8)11-16-5-6-17-11/h3-4,7,11H,2,5-6H2,1H3. The molecule has 1 fully saturated rings. The maximum absolute atomic E-state index is 12.6. The Morgan fingerprint density at radius 2 is 1.89 bits per heavy atom. The Labute approximate surface area is 106 Å². The fourth-order valence-electron chi connectivity index (χ4n) is 1.70. The minimum absolute atomic E-state index is 0.155. The van der Waals surface area contributed by atoms with Gasteiger partial charge in [0.15, 0.2) is 6.29 Å². The highest BCUT2D eigenvalue weighted by Gasteiger charge is 2.32. The predicted octanol–water partition coefficient (Wildman–Crippen LogP) is 3.62. The van der Waals surface area contributed by atoms with Gasteiger partial charge in [0, 0.05) is 10.5 Å². The molecular weight excluding hydrogens is 265 g/mol. The molecular formula is C12H13F3O2S. The Bertz CT molecular complexity index is 465. The maximum Gasteiger partial charge on any atom is 0.440 e. The first-order valence-electron chi connectivity index (χ1n) is 5.34. The van der Waals surface area contributed by atoms with Crippen molar-refractivity contribution in [2.24, 2.45) is 0 Å². The van der Waals surface area contributed by atoms with E-state index in [1.807, 2.05) is 6.92 Å². The largest absolute Gasteiger partial charge is 0.440 e. The molecule has 0 saturated carbocycles. The van der Waals surface area contributed by atoms with Crippen LogP contribution in [-0.4, -0.2) is 24.6 Å². The molecule has 1 aliphatic heterocycles. The lowest BCUT2D eigenvalue weighted by Crippen LogP contribution is -2.05. The van der Waals surface area contributed by atoms with Crippen molar-refractivity contribution in [1.29, 1.82) is 0 Å². The van der Waals surface area contributed by atoms with Gasteiger partial charge in [0.05, 0.1) is 13.2 Å². The van der Waals surface area contributed by atoms with Crippen molar-refractivity contribution >= 4 is 16.4 Å². The van der Waals surface area contributed by atoms with Crippen molar-refractivity contribution in [1.82, 2.24) is 0 Å². The summed E-state index contributed by atoms with van der Waals surface area (Å²) < 4.78 is 48.5. The smallest absolute Gasteiger partial charge is 0.346 e. The lowest BCUT2D eigenvalue weighted by molar-refractivity contribution is -0.0448. The van der Waals surface area contributed by atoms with Gasteiger partial charge in [-0.1, -0.05) is 22.4 Å². The number of halogens is 3. The summed E-state index contributed by atoms with van der Waals surface area (Å²) in [6.45, 7) is 2.74. The molecule has 0 amide bonds. The van der Waals surface area contributed by atoms with Gasteiger partial charge in [-0.3, -0.25) is 0 Å². The zero-order valence-corrected chi connectivity index (χ0v) is 10.6. The van der Waals surface area contributed by atoms with Crippen molar-refractivity contribution in [3.63, 3.8) is 0 Å². The topological polar surface area (TPSA) is 18.5 Å². The minimum atomic E-state index is -4.32. The molecule has 2 rings (SSSR count). The van der Waals surface area contributed by atoms with Crippen LogP contribution in [0.15, 0.2) is 23.1 Å². The number of aryl methyl sites for hydroxylation is 1. The van der Waals surface area contributed by atoms with Crippen LogP contribution in [0.3, 0.4) is 0 Å². The van der Waals surface area contributed by atoms with E-state index in [2.05, 4.69) is 5.87 Å². The summed E-state index contributed by atoms with van der Waals surface area (Å²) in [5.74, 6) is 3.20. The SMILES string of the molecule is C=S(c1ccc(C)c(C2OCCO2)c1)C(F)(F)F. The normalized spacial score (nSPS) is 19.1. The van der Waals surface area contributed by atoms with Crippen LogP contribution in [0.5, 0.6) is 0 Å². The molecule has 2 nitrogen and oxygen atoms in total. The third-order valence-corrected chi connectivity index (χ3v) is 4.07. The average Bonchev–Trinajstić information content (AvgIpc) is 2.81. The van der Waals surface area contributed by atoms with Crippen LogP contribution in [0.4, 0.5) is 13.2 Å². The quantitative estimate of drug-likeness (QED) is 0.769. The van der Waals surface area contributed by atoms with Crippen LogP contribution in [0.2, 0.25) is 0 Å². The van der Waals surface area contributed by atoms with Crippen molar-refractivity contribution in [2.45, 2.75) is 23.6 Å². The summed E-state index contributed by atoms with van der Waals surface area (Å²) in [5.41, 5.74) is -2.82. The second-order valence-electron chi connectivity index (χ2n) is 3.93. The highest BCUT2D eigenvalue weighted by Crippen LogP contribution is 2.43. The second-order valence-corrected chi connectivity index (χ2v) is 5.64. The number of rotatable bonds is 2. The number of hydrogen-bond acceptors (Lipinski definition) is 2. The Kier molecular flexibility index (Phi) is 3.79. The Morgan fingerprint density at radius 1 is 1.28 bits per heavy atom. The van der Waals surface area contributed by atoms with Gasteiger partial charge in [0.2, 0.25) is 0 Å². The summed E-state index contributed by atoms with van der Waals surface area (Å²) in [7, 11) is -2.03. The summed E-state index contributed by atoms with van der Waals surface area (Å²) in [6, 6.07) is 4.58. The molecule has 1 aliphatic rings. The number of alkyl halides is 3. The number of ether oxygens (including phenoxy) is 2. The third-order valence-electron chi connectivity index (χ3n) is 2.69. The highest BCUT2D eigenvalue weighted by atomic mass is 32.2. The molecule has 1 atom stereocenters. The monoisotopic (exact) mass is 278 g/mol. The van der Waals surface area contributed by atoms with Crippen LogP contribution in [-0.2, 0) is 9.47 Å². The highest BCUT2D eigenvalue weighted by molar-refractivity contribution is 8.14. The second kappa shape index (κ2) is 5.03. The van der Waals surface area contributed by atoms with Crippen molar-refractivity contribution in [3.8, 4) is 0 Å². The summed E-state index contributed by atoms with van der Waals surface area (Å²) >= 11 is 0. The van der Waals surface area contributed by atoms with E-state index in [1.165, 1.54) is 12.1 Å². The van der Waals surface area contributed by atoms with Gasteiger partial charge >= 0.3 is 5.51 Å². The van der Waals surface area contributed by atoms with Crippen LogP contribution in [0.1, 0.15) is 17.4 Å². The molecule has 0 bridgehead atoms. The van der Waals surface area contributed by atoms with E-state index in [9.17, 15) is 13.2 Å². The third kappa shape index (κ3) is 2.76. The van der Waals surface area contributed by atoms with E-state index >= 15 is 0 Å². The molecule has 1 unspecified atom stereocenters. The zero-order chi connectivity index (χ0) is 13.3. The molecule has 1 heterocycles. The van der Waals surface area contributed by atoms with Crippen molar-refractivity contribution in [2.75, 3.05) is 13.2 Å². The minimum Gasteiger partial charge on any atom is -0.346 e. The van der Waals surface area contributed by atoms with Crippen molar-refractivity contribution < 1.29 is 22.6 Å². The van der Waals surface area contributed by atoms with Gasteiger partial charge in [-0.25, -0.2) is 0 Å². The lowest BCUT2D eigenvalue weighted by Gasteiger charge is -2.16. The summed E-state index contributed by atoms with van der Waals surface area (Å²) in [4.78, 5) is 0.155. The van der Waals surface area contributed by atoms with E-state index in [1.54, 1.807) is 6.07 Å². The molecule has 0 N–H and O–H groups in total. The van der Waals surface area contributed by atoms with Gasteiger partial charge in [0.25, 0.3) is 0 Å². The molecule has 18 heavy (non-hydrogen) atoms. The molecule has 1 aromatic rings. The van der Waals surface area contributed by atoms with E-state index in [-0.39, 0.29) is 4.90 Å². The fraction of sp³-hybridized carbons (Fsp3) is 0.417. The van der Waals surface area contributed by atoms with Crippen LogP contribution < -0.4 is 0 Å². The van der Waals surface area contributed by atoms with E-state index in [4.69, 9.17) is 9.47 Å². The predicted molar refractivity (Wildman–Crippen MR) is 64.9 cm³/mol. The van der Waals surface area contributed by atoms with Crippen LogP contribution in [0.25, 0.3) is 0 Å². The molecule has 0 aliphatic carbocycles. The zero-order valence-electron chi connectivity index (χ0n) is 9.79. The number of hydrogen-bond donors (Lipinski definition) is 0. The molecule has 0 spiro atoms. The van der Waals surface area contributed by atoms with E-state index in [0.29, 0.717) is 18.8 Å². The van der Waals surface area contributed by atoms with Crippen molar-refractivity contribution in [3.05, 3.63) is 29.3 Å². The van der Waals surface area contributed by atoms with Gasteiger partial charge in [-0.15, -0.1) is 0 Å². The molecule has 100 valence electrons. The lowest BCUT2D eigenvalue weighted by atomic mass is 10.1. The van der Waals surface area contributed by atoms with Gasteiger partial charge in [-0.2, -0.15) is 13.2 Å². The summed E-state index contributed by atoms with van der Waals surface area (Å²) in [5, 5.41) is 0. The molecule has 0 radical (unpaired) electrons. The van der Waals surface area contributed by atoms with Gasteiger partial charge in [0.1, 0.15) is 0 Å². The van der Waals surface area contributed by atoms with Gasteiger partial charge < -0.3 is 9.47 Å². The molecule has 6 heteroatoms. The first-order chi connectivity index (χ1) is 8.39.